The Hall–Kier alpha value is -2.71. The molecular formula is C21H24N4O3S. The molecule has 1 amide bonds. The third-order valence-corrected chi connectivity index (χ3v) is 6.74. The maximum Gasteiger partial charge on any atom is 0.227 e. The van der Waals surface area contributed by atoms with Crippen LogP contribution >= 0.6 is 0 Å². The molecule has 1 N–H and O–H groups in total. The first-order chi connectivity index (χ1) is 13.8. The molecule has 1 aliphatic rings. The van der Waals surface area contributed by atoms with Gasteiger partial charge in [0, 0.05) is 37.0 Å². The lowest BCUT2D eigenvalue weighted by Gasteiger charge is -2.29. The molecule has 0 radical (unpaired) electrons. The molecule has 7 nitrogen and oxygen atoms in total. The maximum absolute atomic E-state index is 12.8. The van der Waals surface area contributed by atoms with Crippen molar-refractivity contribution in [2.45, 2.75) is 19.8 Å². The fourth-order valence-corrected chi connectivity index (χ4v) is 4.66. The number of carbonyl (C=O) groups excluding carboxylic acids is 1. The van der Waals surface area contributed by atoms with E-state index in [2.05, 4.69) is 5.32 Å². The van der Waals surface area contributed by atoms with E-state index in [4.69, 9.17) is 4.98 Å². The molecule has 0 spiro atoms. The lowest BCUT2D eigenvalue weighted by atomic mass is 9.97. The average Bonchev–Trinajstić information content (AvgIpc) is 3.13. The quantitative estimate of drug-likeness (QED) is 0.714. The van der Waals surface area contributed by atoms with Crippen LogP contribution in [0.15, 0.2) is 48.8 Å². The number of imidazole rings is 1. The van der Waals surface area contributed by atoms with Crippen LogP contribution < -0.4 is 5.32 Å². The first-order valence-corrected chi connectivity index (χ1v) is 11.5. The zero-order chi connectivity index (χ0) is 20.6. The topological polar surface area (TPSA) is 83.8 Å². The number of aryl methyl sites for hydroxylation is 1. The molecule has 0 saturated carbocycles. The normalized spacial score (nSPS) is 16.2. The summed E-state index contributed by atoms with van der Waals surface area (Å²) in [5.74, 6) is -0.282. The summed E-state index contributed by atoms with van der Waals surface area (Å²) in [5, 5.41) is 3.04. The Kier molecular flexibility index (Phi) is 5.14. The van der Waals surface area contributed by atoms with E-state index in [1.807, 2.05) is 60.1 Å². The van der Waals surface area contributed by atoms with Gasteiger partial charge in [0.05, 0.1) is 17.6 Å². The van der Waals surface area contributed by atoms with Crippen molar-refractivity contribution in [3.05, 3.63) is 54.4 Å². The molecule has 2 aromatic heterocycles. The standard InChI is InChI=1S/C21H24N4O3S/c1-15-6-5-11-24-14-19(22-20(15)24)17-7-3-4-8-18(17)23-21(26)16-9-12-25(13-10-16)29(2,27)28/h3-8,11,14,16H,9-10,12-13H2,1-2H3,(H,23,26). The van der Waals surface area contributed by atoms with Crippen LogP contribution in [0.5, 0.6) is 0 Å². The van der Waals surface area contributed by atoms with Crippen LogP contribution in [0.1, 0.15) is 18.4 Å². The van der Waals surface area contributed by atoms with Gasteiger partial charge in [-0.2, -0.15) is 0 Å². The van der Waals surface area contributed by atoms with Crippen LogP contribution in [-0.4, -0.2) is 47.4 Å². The Labute approximate surface area is 170 Å². The van der Waals surface area contributed by atoms with Gasteiger partial charge in [-0.15, -0.1) is 0 Å². The molecule has 0 aliphatic carbocycles. The van der Waals surface area contributed by atoms with E-state index in [1.54, 1.807) is 0 Å². The molecule has 0 atom stereocenters. The minimum absolute atomic E-state index is 0.0782. The lowest BCUT2D eigenvalue weighted by molar-refractivity contribution is -0.120. The monoisotopic (exact) mass is 412 g/mol. The van der Waals surface area contributed by atoms with Crippen molar-refractivity contribution in [2.75, 3.05) is 24.7 Å². The zero-order valence-corrected chi connectivity index (χ0v) is 17.3. The average molecular weight is 413 g/mol. The van der Waals surface area contributed by atoms with Crippen LogP contribution in [0.25, 0.3) is 16.9 Å². The number of benzene rings is 1. The summed E-state index contributed by atoms with van der Waals surface area (Å²) >= 11 is 0. The highest BCUT2D eigenvalue weighted by Crippen LogP contribution is 2.29. The maximum atomic E-state index is 12.8. The van der Waals surface area contributed by atoms with Crippen LogP contribution in [-0.2, 0) is 14.8 Å². The van der Waals surface area contributed by atoms with Crippen molar-refractivity contribution in [1.82, 2.24) is 13.7 Å². The second-order valence-electron chi connectivity index (χ2n) is 7.52. The van der Waals surface area contributed by atoms with Gasteiger partial charge in [0.25, 0.3) is 0 Å². The summed E-state index contributed by atoms with van der Waals surface area (Å²) in [6.07, 6.45) is 6.16. The first kappa shape index (κ1) is 19.6. The summed E-state index contributed by atoms with van der Waals surface area (Å²) in [7, 11) is -3.20. The predicted molar refractivity (Wildman–Crippen MR) is 113 cm³/mol. The minimum Gasteiger partial charge on any atom is -0.325 e. The fourth-order valence-electron chi connectivity index (χ4n) is 3.78. The number of anilines is 1. The molecule has 3 aromatic rings. The van der Waals surface area contributed by atoms with Gasteiger partial charge >= 0.3 is 0 Å². The van der Waals surface area contributed by atoms with Crippen molar-refractivity contribution in [2.24, 2.45) is 5.92 Å². The molecule has 1 fully saturated rings. The number of rotatable bonds is 4. The number of piperidine rings is 1. The molecule has 8 heteroatoms. The van der Waals surface area contributed by atoms with Crippen LogP contribution in [0, 0.1) is 12.8 Å². The summed E-state index contributed by atoms with van der Waals surface area (Å²) in [6.45, 7) is 2.78. The van der Waals surface area contributed by atoms with Crippen LogP contribution in [0.2, 0.25) is 0 Å². The summed E-state index contributed by atoms with van der Waals surface area (Å²) in [5.41, 5.74) is 4.33. The van der Waals surface area contributed by atoms with E-state index in [0.717, 1.165) is 22.5 Å². The van der Waals surface area contributed by atoms with Gasteiger partial charge in [0.1, 0.15) is 5.65 Å². The molecule has 0 bridgehead atoms. The Morgan fingerprint density at radius 1 is 1.14 bits per heavy atom. The first-order valence-electron chi connectivity index (χ1n) is 9.62. The number of nitrogens with zero attached hydrogens (tertiary/aromatic N) is 3. The second kappa shape index (κ2) is 7.61. The van der Waals surface area contributed by atoms with Crippen LogP contribution in [0.4, 0.5) is 5.69 Å². The van der Waals surface area contributed by atoms with E-state index >= 15 is 0 Å². The molecule has 29 heavy (non-hydrogen) atoms. The summed E-state index contributed by atoms with van der Waals surface area (Å²) in [6, 6.07) is 11.6. The number of hydrogen-bond donors (Lipinski definition) is 1. The molecule has 1 aromatic carbocycles. The highest BCUT2D eigenvalue weighted by molar-refractivity contribution is 7.88. The Bertz CT molecular complexity index is 1160. The Morgan fingerprint density at radius 2 is 1.86 bits per heavy atom. The number of aromatic nitrogens is 2. The Morgan fingerprint density at radius 3 is 2.55 bits per heavy atom. The van der Waals surface area contributed by atoms with Crippen molar-refractivity contribution in [3.63, 3.8) is 0 Å². The van der Waals surface area contributed by atoms with Gasteiger partial charge in [-0.25, -0.2) is 17.7 Å². The van der Waals surface area contributed by atoms with E-state index in [9.17, 15) is 13.2 Å². The molecule has 0 unspecified atom stereocenters. The molecule has 1 aliphatic heterocycles. The molecule has 4 rings (SSSR count). The number of amides is 1. The van der Waals surface area contributed by atoms with Crippen molar-refractivity contribution in [1.29, 1.82) is 0 Å². The van der Waals surface area contributed by atoms with Gasteiger partial charge in [-0.1, -0.05) is 24.3 Å². The summed E-state index contributed by atoms with van der Waals surface area (Å²) < 4.78 is 26.7. The van der Waals surface area contributed by atoms with E-state index in [-0.39, 0.29) is 11.8 Å². The third-order valence-electron chi connectivity index (χ3n) is 5.43. The lowest BCUT2D eigenvalue weighted by Crippen LogP contribution is -2.40. The number of sulfonamides is 1. The number of carbonyl (C=O) groups is 1. The van der Waals surface area contributed by atoms with Gasteiger partial charge in [-0.3, -0.25) is 4.79 Å². The molecule has 152 valence electrons. The molecular weight excluding hydrogens is 388 g/mol. The fraction of sp³-hybridized carbons (Fsp3) is 0.333. The third kappa shape index (κ3) is 4.04. The van der Waals surface area contributed by atoms with Crippen molar-refractivity contribution < 1.29 is 13.2 Å². The van der Waals surface area contributed by atoms with E-state index in [1.165, 1.54) is 10.6 Å². The van der Waals surface area contributed by atoms with E-state index in [0.29, 0.717) is 31.6 Å². The van der Waals surface area contributed by atoms with Gasteiger partial charge in [-0.05, 0) is 37.5 Å². The number of pyridine rings is 1. The smallest absolute Gasteiger partial charge is 0.227 e. The Balaban J connectivity index is 1.54. The number of para-hydroxylation sites is 1. The molecule has 3 heterocycles. The predicted octanol–water partition coefficient (Wildman–Crippen LogP) is 2.92. The SMILES string of the molecule is Cc1cccn2cc(-c3ccccc3NC(=O)C3CCN(S(C)(=O)=O)CC3)nc12. The number of fused-ring (bicyclic) bond motifs is 1. The van der Waals surface area contributed by atoms with Gasteiger partial charge in [0.2, 0.25) is 15.9 Å². The van der Waals surface area contributed by atoms with E-state index < -0.39 is 10.0 Å². The van der Waals surface area contributed by atoms with Crippen molar-refractivity contribution in [3.8, 4) is 11.3 Å². The highest BCUT2D eigenvalue weighted by atomic mass is 32.2. The largest absolute Gasteiger partial charge is 0.325 e. The highest BCUT2D eigenvalue weighted by Gasteiger charge is 2.29. The number of hydrogen-bond acceptors (Lipinski definition) is 4. The minimum atomic E-state index is -3.20. The second-order valence-corrected chi connectivity index (χ2v) is 9.50. The van der Waals surface area contributed by atoms with Gasteiger partial charge < -0.3 is 9.72 Å². The zero-order valence-electron chi connectivity index (χ0n) is 16.5. The van der Waals surface area contributed by atoms with Gasteiger partial charge in [0.15, 0.2) is 0 Å². The number of nitrogens with one attached hydrogen (secondary N) is 1. The molecule has 1 saturated heterocycles. The van der Waals surface area contributed by atoms with Crippen LogP contribution in [0.3, 0.4) is 0 Å². The summed E-state index contributed by atoms with van der Waals surface area (Å²) in [4.78, 5) is 17.6. The van der Waals surface area contributed by atoms with Crippen molar-refractivity contribution >= 4 is 27.3 Å².